The number of esters is 1. The fourth-order valence-corrected chi connectivity index (χ4v) is 4.72. The van der Waals surface area contributed by atoms with Gasteiger partial charge in [-0.2, -0.15) is 0 Å². The molecule has 2 heterocycles. The van der Waals surface area contributed by atoms with Gasteiger partial charge >= 0.3 is 12.0 Å². The molecule has 0 bridgehead atoms. The van der Waals surface area contributed by atoms with Crippen LogP contribution in [0.1, 0.15) is 31.0 Å². The molecule has 2 aromatic rings. The highest BCUT2D eigenvalue weighted by Crippen LogP contribution is 2.34. The number of para-hydroxylation sites is 2. The maximum atomic E-state index is 13.1. The molecule has 0 spiro atoms. The van der Waals surface area contributed by atoms with E-state index in [0.717, 1.165) is 31.7 Å². The highest BCUT2D eigenvalue weighted by atomic mass is 16.5. The standard InChI is InChI=1S/C27H34N4O4/c1-4-34-23-13-9-7-11-20(23)25-24(26(32)35-5-2)21(28-27(33)29-25)18-30-14-16-31(17-15-30)22-12-8-6-10-19(22)3/h6-13,25H,4-5,14-18H2,1-3H3,(H2,28,29,33)/t25-/m1/s1. The number of carbonyl (C=O) groups excluding carboxylic acids is 2. The number of hydrogen-bond acceptors (Lipinski definition) is 6. The van der Waals surface area contributed by atoms with Crippen molar-refractivity contribution in [1.82, 2.24) is 15.5 Å². The Morgan fingerprint density at radius 3 is 2.43 bits per heavy atom. The largest absolute Gasteiger partial charge is 0.494 e. The first-order chi connectivity index (χ1) is 17.0. The van der Waals surface area contributed by atoms with Crippen LogP contribution >= 0.6 is 0 Å². The molecule has 0 aliphatic carbocycles. The van der Waals surface area contributed by atoms with Gasteiger partial charge in [0.1, 0.15) is 5.75 Å². The van der Waals surface area contributed by atoms with E-state index in [-0.39, 0.29) is 12.6 Å². The van der Waals surface area contributed by atoms with Crippen LogP contribution in [-0.4, -0.2) is 62.8 Å². The Kier molecular flexibility index (Phi) is 7.92. The van der Waals surface area contributed by atoms with E-state index in [1.165, 1.54) is 11.3 Å². The summed E-state index contributed by atoms with van der Waals surface area (Å²) in [4.78, 5) is 30.5. The number of hydrogen-bond donors (Lipinski definition) is 2. The van der Waals surface area contributed by atoms with E-state index in [1.807, 2.05) is 31.2 Å². The molecule has 0 saturated carbocycles. The molecule has 0 radical (unpaired) electrons. The number of nitrogens with zero attached hydrogens (tertiary/aromatic N) is 2. The predicted molar refractivity (Wildman–Crippen MR) is 136 cm³/mol. The van der Waals surface area contributed by atoms with E-state index in [0.29, 0.717) is 30.2 Å². The normalized spacial score (nSPS) is 18.7. The van der Waals surface area contributed by atoms with Crippen molar-refractivity contribution in [3.05, 3.63) is 70.9 Å². The van der Waals surface area contributed by atoms with Crippen molar-refractivity contribution in [2.24, 2.45) is 0 Å². The number of benzene rings is 2. The molecule has 35 heavy (non-hydrogen) atoms. The van der Waals surface area contributed by atoms with E-state index >= 15 is 0 Å². The number of amides is 2. The molecular weight excluding hydrogens is 444 g/mol. The number of nitrogens with one attached hydrogen (secondary N) is 2. The van der Waals surface area contributed by atoms with Crippen LogP contribution in [0, 0.1) is 6.92 Å². The Hall–Kier alpha value is -3.52. The SMILES string of the molecule is CCOC(=O)C1=C(CN2CCN(c3ccccc3C)CC2)NC(=O)N[C@@H]1c1ccccc1OCC. The molecule has 2 aromatic carbocycles. The third-order valence-electron chi connectivity index (χ3n) is 6.39. The topological polar surface area (TPSA) is 83.1 Å². The fourth-order valence-electron chi connectivity index (χ4n) is 4.72. The third kappa shape index (κ3) is 5.59. The molecule has 2 aliphatic heterocycles. The van der Waals surface area contributed by atoms with Crippen molar-refractivity contribution in [3.8, 4) is 5.75 Å². The smallest absolute Gasteiger partial charge is 0.338 e. The lowest BCUT2D eigenvalue weighted by molar-refractivity contribution is -0.139. The molecule has 1 atom stereocenters. The van der Waals surface area contributed by atoms with Crippen LogP contribution in [0.3, 0.4) is 0 Å². The van der Waals surface area contributed by atoms with Crippen molar-refractivity contribution in [2.45, 2.75) is 26.8 Å². The average molecular weight is 479 g/mol. The number of piperazine rings is 1. The zero-order valence-electron chi connectivity index (χ0n) is 20.7. The fraction of sp³-hybridized carbons (Fsp3) is 0.407. The summed E-state index contributed by atoms with van der Waals surface area (Å²) < 4.78 is 11.2. The second-order valence-corrected chi connectivity index (χ2v) is 8.66. The highest BCUT2D eigenvalue weighted by molar-refractivity contribution is 5.95. The minimum absolute atomic E-state index is 0.248. The molecular formula is C27H34N4O4. The Balaban J connectivity index is 1.59. The van der Waals surface area contributed by atoms with Crippen LogP contribution in [0.2, 0.25) is 0 Å². The van der Waals surface area contributed by atoms with Gasteiger partial charge < -0.3 is 25.0 Å². The summed E-state index contributed by atoms with van der Waals surface area (Å²) in [5, 5.41) is 5.80. The van der Waals surface area contributed by atoms with Gasteiger partial charge in [0.05, 0.1) is 24.8 Å². The molecule has 1 saturated heterocycles. The molecule has 0 unspecified atom stereocenters. The van der Waals surface area contributed by atoms with Crippen LogP contribution in [-0.2, 0) is 9.53 Å². The van der Waals surface area contributed by atoms with Gasteiger partial charge in [-0.3, -0.25) is 4.90 Å². The van der Waals surface area contributed by atoms with E-state index in [9.17, 15) is 9.59 Å². The monoisotopic (exact) mass is 478 g/mol. The molecule has 2 N–H and O–H groups in total. The maximum absolute atomic E-state index is 13.1. The highest BCUT2D eigenvalue weighted by Gasteiger charge is 2.36. The number of rotatable bonds is 8. The molecule has 0 aromatic heterocycles. The van der Waals surface area contributed by atoms with E-state index in [2.05, 4.69) is 51.6 Å². The molecule has 2 amide bonds. The third-order valence-corrected chi connectivity index (χ3v) is 6.39. The lowest BCUT2D eigenvalue weighted by Gasteiger charge is -2.38. The first-order valence-electron chi connectivity index (χ1n) is 12.2. The summed E-state index contributed by atoms with van der Waals surface area (Å²) in [6.45, 7) is 10.4. The average Bonchev–Trinajstić information content (AvgIpc) is 2.85. The number of anilines is 1. The van der Waals surface area contributed by atoms with Crippen molar-refractivity contribution in [1.29, 1.82) is 0 Å². The van der Waals surface area contributed by atoms with Crippen LogP contribution < -0.4 is 20.3 Å². The number of aryl methyl sites for hydroxylation is 1. The van der Waals surface area contributed by atoms with Crippen LogP contribution in [0.4, 0.5) is 10.5 Å². The van der Waals surface area contributed by atoms with Crippen LogP contribution in [0.25, 0.3) is 0 Å². The van der Waals surface area contributed by atoms with Gasteiger partial charge in [0, 0.05) is 49.7 Å². The summed E-state index contributed by atoms with van der Waals surface area (Å²) in [6, 6.07) is 14.9. The molecule has 1 fully saturated rings. The van der Waals surface area contributed by atoms with Crippen LogP contribution in [0.5, 0.6) is 5.75 Å². The zero-order chi connectivity index (χ0) is 24.8. The van der Waals surface area contributed by atoms with E-state index in [4.69, 9.17) is 9.47 Å². The van der Waals surface area contributed by atoms with Crippen molar-refractivity contribution < 1.29 is 19.1 Å². The Morgan fingerprint density at radius 1 is 1.00 bits per heavy atom. The van der Waals surface area contributed by atoms with Gasteiger partial charge in [0.2, 0.25) is 0 Å². The minimum atomic E-state index is -0.659. The van der Waals surface area contributed by atoms with E-state index in [1.54, 1.807) is 6.92 Å². The van der Waals surface area contributed by atoms with Crippen molar-refractivity contribution >= 4 is 17.7 Å². The number of ether oxygens (including phenoxy) is 2. The lowest BCUT2D eigenvalue weighted by atomic mass is 9.94. The molecule has 8 nitrogen and oxygen atoms in total. The summed E-state index contributed by atoms with van der Waals surface area (Å²) in [5.74, 6) is 0.194. The van der Waals surface area contributed by atoms with Crippen molar-refractivity contribution in [3.63, 3.8) is 0 Å². The second kappa shape index (κ2) is 11.3. The Bertz CT molecular complexity index is 1090. The lowest BCUT2D eigenvalue weighted by Crippen LogP contribution is -2.52. The summed E-state index contributed by atoms with van der Waals surface area (Å²) in [6.07, 6.45) is 0. The first-order valence-corrected chi connectivity index (χ1v) is 12.2. The molecule has 8 heteroatoms. The number of carbonyl (C=O) groups is 2. The van der Waals surface area contributed by atoms with Gasteiger partial charge in [0.25, 0.3) is 0 Å². The van der Waals surface area contributed by atoms with Crippen LogP contribution in [0.15, 0.2) is 59.8 Å². The Morgan fingerprint density at radius 2 is 1.71 bits per heavy atom. The van der Waals surface area contributed by atoms with Gasteiger partial charge in [-0.25, -0.2) is 9.59 Å². The van der Waals surface area contributed by atoms with Gasteiger partial charge in [-0.15, -0.1) is 0 Å². The van der Waals surface area contributed by atoms with Gasteiger partial charge in [-0.1, -0.05) is 36.4 Å². The van der Waals surface area contributed by atoms with Gasteiger partial charge in [-0.05, 0) is 38.5 Å². The summed E-state index contributed by atoms with van der Waals surface area (Å²) in [7, 11) is 0. The summed E-state index contributed by atoms with van der Waals surface area (Å²) >= 11 is 0. The Labute approximate surface area is 206 Å². The van der Waals surface area contributed by atoms with Crippen molar-refractivity contribution in [2.75, 3.05) is 50.8 Å². The van der Waals surface area contributed by atoms with Gasteiger partial charge in [0.15, 0.2) is 0 Å². The predicted octanol–water partition coefficient (Wildman–Crippen LogP) is 3.39. The summed E-state index contributed by atoms with van der Waals surface area (Å²) in [5.41, 5.74) is 4.23. The molecule has 186 valence electrons. The minimum Gasteiger partial charge on any atom is -0.494 e. The first kappa shape index (κ1) is 24.6. The second-order valence-electron chi connectivity index (χ2n) is 8.66. The molecule has 4 rings (SSSR count). The number of urea groups is 1. The quantitative estimate of drug-likeness (QED) is 0.566. The zero-order valence-corrected chi connectivity index (χ0v) is 20.7. The van der Waals surface area contributed by atoms with E-state index < -0.39 is 12.0 Å². The molecule has 2 aliphatic rings. The maximum Gasteiger partial charge on any atom is 0.338 e.